The number of hydrogen-bond donors (Lipinski definition) is 1. The molecule has 4 heteroatoms. The highest BCUT2D eigenvalue weighted by Gasteiger charge is 2.13. The molecular weight excluding hydrogens is 333 g/mol. The van der Waals surface area contributed by atoms with Crippen molar-refractivity contribution in [3.63, 3.8) is 0 Å². The van der Waals surface area contributed by atoms with Crippen LogP contribution in [0.2, 0.25) is 0 Å². The Bertz CT molecular complexity index is 586. The molecule has 0 fully saturated rings. The number of benzene rings is 2. The lowest BCUT2D eigenvalue weighted by atomic mass is 9.92. The van der Waals surface area contributed by atoms with Crippen LogP contribution in [0, 0.1) is 11.7 Å². The predicted octanol–water partition coefficient (Wildman–Crippen LogP) is 3.96. The fourth-order valence-corrected chi connectivity index (χ4v) is 2.78. The van der Waals surface area contributed by atoms with Gasteiger partial charge in [-0.25, -0.2) is 4.39 Å². The zero-order valence-electron chi connectivity index (χ0n) is 12.0. The third-order valence-electron chi connectivity index (χ3n) is 3.56. The summed E-state index contributed by atoms with van der Waals surface area (Å²) in [5, 5.41) is 0. The standard InChI is InChI=1S/C17H19BrFNO/c1-21-15-7-5-12(6-8-15)9-13(11-20)10-14-3-2-4-16(19)17(14)18/h2-8,13H,9-11,20H2,1H3. The van der Waals surface area contributed by atoms with Crippen molar-refractivity contribution in [3.05, 3.63) is 63.9 Å². The molecular formula is C17H19BrFNO. The maximum absolute atomic E-state index is 13.6. The number of methoxy groups -OCH3 is 1. The first-order valence-corrected chi connectivity index (χ1v) is 7.69. The molecule has 0 spiro atoms. The van der Waals surface area contributed by atoms with Crippen molar-refractivity contribution in [2.24, 2.45) is 11.7 Å². The van der Waals surface area contributed by atoms with Gasteiger partial charge in [-0.1, -0.05) is 24.3 Å². The van der Waals surface area contributed by atoms with Crippen LogP contribution in [0.4, 0.5) is 4.39 Å². The molecule has 0 aliphatic rings. The third-order valence-corrected chi connectivity index (χ3v) is 4.44. The Morgan fingerprint density at radius 3 is 2.48 bits per heavy atom. The molecule has 1 atom stereocenters. The summed E-state index contributed by atoms with van der Waals surface area (Å²) in [6.45, 7) is 0.564. The van der Waals surface area contributed by atoms with Crippen molar-refractivity contribution in [1.29, 1.82) is 0 Å². The van der Waals surface area contributed by atoms with E-state index in [4.69, 9.17) is 10.5 Å². The highest BCUT2D eigenvalue weighted by atomic mass is 79.9. The van der Waals surface area contributed by atoms with E-state index < -0.39 is 0 Å². The van der Waals surface area contributed by atoms with Crippen LogP contribution in [0.25, 0.3) is 0 Å². The average Bonchev–Trinajstić information content (AvgIpc) is 2.51. The van der Waals surface area contributed by atoms with E-state index in [1.165, 1.54) is 11.6 Å². The fraction of sp³-hybridized carbons (Fsp3) is 0.294. The van der Waals surface area contributed by atoms with Gasteiger partial charge < -0.3 is 10.5 Å². The lowest BCUT2D eigenvalue weighted by molar-refractivity contribution is 0.414. The lowest BCUT2D eigenvalue weighted by Crippen LogP contribution is -2.19. The molecule has 0 saturated heterocycles. The van der Waals surface area contributed by atoms with Gasteiger partial charge in [0.1, 0.15) is 11.6 Å². The molecule has 0 radical (unpaired) electrons. The molecule has 0 aromatic heterocycles. The summed E-state index contributed by atoms with van der Waals surface area (Å²) in [6, 6.07) is 13.1. The van der Waals surface area contributed by atoms with Gasteiger partial charge in [0.15, 0.2) is 0 Å². The molecule has 0 aliphatic carbocycles. The molecule has 2 N–H and O–H groups in total. The van der Waals surface area contributed by atoms with Crippen molar-refractivity contribution < 1.29 is 9.13 Å². The van der Waals surface area contributed by atoms with Gasteiger partial charge in [-0.05, 0) is 70.6 Å². The Kier molecular flexibility index (Phi) is 5.76. The van der Waals surface area contributed by atoms with Crippen LogP contribution in [0.15, 0.2) is 46.9 Å². The van der Waals surface area contributed by atoms with E-state index in [1.807, 2.05) is 30.3 Å². The van der Waals surface area contributed by atoms with E-state index in [1.54, 1.807) is 13.2 Å². The monoisotopic (exact) mass is 351 g/mol. The average molecular weight is 352 g/mol. The molecule has 1 unspecified atom stereocenters. The summed E-state index contributed by atoms with van der Waals surface area (Å²) in [5.74, 6) is 0.889. The Balaban J connectivity index is 2.07. The Hall–Kier alpha value is -1.39. The minimum absolute atomic E-state index is 0.229. The van der Waals surface area contributed by atoms with Gasteiger partial charge in [-0.15, -0.1) is 0 Å². The molecule has 2 aromatic rings. The third kappa shape index (κ3) is 4.29. The van der Waals surface area contributed by atoms with Crippen LogP contribution in [-0.2, 0) is 12.8 Å². The maximum Gasteiger partial charge on any atom is 0.137 e. The van der Waals surface area contributed by atoms with Gasteiger partial charge in [0, 0.05) is 0 Å². The second kappa shape index (κ2) is 7.57. The molecule has 2 nitrogen and oxygen atoms in total. The Morgan fingerprint density at radius 1 is 1.14 bits per heavy atom. The van der Waals surface area contributed by atoms with Gasteiger partial charge in [-0.3, -0.25) is 0 Å². The first kappa shape index (κ1) is 16.0. The fourth-order valence-electron chi connectivity index (χ4n) is 2.35. The molecule has 21 heavy (non-hydrogen) atoms. The van der Waals surface area contributed by atoms with E-state index in [9.17, 15) is 4.39 Å². The SMILES string of the molecule is COc1ccc(CC(CN)Cc2cccc(F)c2Br)cc1. The highest BCUT2D eigenvalue weighted by Crippen LogP contribution is 2.24. The van der Waals surface area contributed by atoms with E-state index in [0.717, 1.165) is 24.2 Å². The van der Waals surface area contributed by atoms with Gasteiger partial charge in [-0.2, -0.15) is 0 Å². The first-order valence-electron chi connectivity index (χ1n) is 6.90. The smallest absolute Gasteiger partial charge is 0.137 e. The van der Waals surface area contributed by atoms with Gasteiger partial charge in [0.2, 0.25) is 0 Å². The van der Waals surface area contributed by atoms with Crippen LogP contribution in [0.5, 0.6) is 5.75 Å². The van der Waals surface area contributed by atoms with Crippen molar-refractivity contribution in [2.45, 2.75) is 12.8 Å². The van der Waals surface area contributed by atoms with E-state index >= 15 is 0 Å². The second-order valence-corrected chi connectivity index (χ2v) is 5.86. The Labute approximate surface area is 133 Å². The zero-order valence-corrected chi connectivity index (χ0v) is 13.6. The summed E-state index contributed by atoms with van der Waals surface area (Å²) >= 11 is 3.31. The zero-order chi connectivity index (χ0) is 15.2. The maximum atomic E-state index is 13.6. The minimum atomic E-state index is -0.229. The van der Waals surface area contributed by atoms with E-state index in [0.29, 0.717) is 11.0 Å². The van der Waals surface area contributed by atoms with Gasteiger partial charge in [0.05, 0.1) is 11.6 Å². The normalized spacial score (nSPS) is 12.2. The molecule has 0 amide bonds. The highest BCUT2D eigenvalue weighted by molar-refractivity contribution is 9.10. The molecule has 2 rings (SSSR count). The molecule has 112 valence electrons. The van der Waals surface area contributed by atoms with Gasteiger partial charge >= 0.3 is 0 Å². The summed E-state index contributed by atoms with van der Waals surface area (Å²) in [7, 11) is 1.65. The molecule has 0 bridgehead atoms. The summed E-state index contributed by atoms with van der Waals surface area (Å²) in [6.07, 6.45) is 1.62. The van der Waals surface area contributed by atoms with E-state index in [-0.39, 0.29) is 11.7 Å². The largest absolute Gasteiger partial charge is 0.497 e. The number of nitrogens with two attached hydrogens (primary N) is 1. The van der Waals surface area contributed by atoms with Crippen molar-refractivity contribution in [2.75, 3.05) is 13.7 Å². The number of rotatable bonds is 6. The summed E-state index contributed by atoms with van der Waals surface area (Å²) in [5.41, 5.74) is 8.04. The van der Waals surface area contributed by atoms with Crippen LogP contribution >= 0.6 is 15.9 Å². The van der Waals surface area contributed by atoms with Crippen LogP contribution in [0.3, 0.4) is 0 Å². The molecule has 0 aliphatic heterocycles. The van der Waals surface area contributed by atoms with Crippen LogP contribution in [-0.4, -0.2) is 13.7 Å². The summed E-state index contributed by atoms with van der Waals surface area (Å²) in [4.78, 5) is 0. The second-order valence-electron chi connectivity index (χ2n) is 5.07. The molecule has 0 heterocycles. The quantitative estimate of drug-likeness (QED) is 0.854. The van der Waals surface area contributed by atoms with Crippen molar-refractivity contribution in [3.8, 4) is 5.75 Å². The minimum Gasteiger partial charge on any atom is -0.497 e. The first-order chi connectivity index (χ1) is 10.1. The number of halogens is 2. The topological polar surface area (TPSA) is 35.2 Å². The Morgan fingerprint density at radius 2 is 1.86 bits per heavy atom. The number of ether oxygens (including phenoxy) is 1. The van der Waals surface area contributed by atoms with Crippen molar-refractivity contribution >= 4 is 15.9 Å². The van der Waals surface area contributed by atoms with Crippen molar-refractivity contribution in [1.82, 2.24) is 0 Å². The van der Waals surface area contributed by atoms with Gasteiger partial charge in [0.25, 0.3) is 0 Å². The van der Waals surface area contributed by atoms with E-state index in [2.05, 4.69) is 15.9 Å². The lowest BCUT2D eigenvalue weighted by Gasteiger charge is -2.16. The molecule has 0 saturated carbocycles. The van der Waals surface area contributed by atoms with Crippen LogP contribution in [0.1, 0.15) is 11.1 Å². The van der Waals surface area contributed by atoms with Crippen LogP contribution < -0.4 is 10.5 Å². The summed E-state index contributed by atoms with van der Waals surface area (Å²) < 4.78 is 19.2. The molecule has 2 aromatic carbocycles. The predicted molar refractivity (Wildman–Crippen MR) is 87.0 cm³/mol. The number of hydrogen-bond acceptors (Lipinski definition) is 2.